The number of hydrogen-bond donors (Lipinski definition) is 4. The van der Waals surface area contributed by atoms with Gasteiger partial charge in [0.25, 0.3) is 0 Å². The molecule has 5 heteroatoms. The zero-order chi connectivity index (χ0) is 35.2. The van der Waals surface area contributed by atoms with Gasteiger partial charge in [-0.1, -0.05) is 199 Å². The SMILES string of the molecule is CCCCCC/C=C\CCCCCCCC(O)CC(=O)NC(CO)C(O)CCCCCCCCCCCCCCCCCCCCCC. The summed E-state index contributed by atoms with van der Waals surface area (Å²) in [6, 6.07) is -0.657. The number of carbonyl (C=O) groups is 1. The van der Waals surface area contributed by atoms with E-state index in [1.54, 1.807) is 0 Å². The van der Waals surface area contributed by atoms with Crippen molar-refractivity contribution in [3.63, 3.8) is 0 Å². The summed E-state index contributed by atoms with van der Waals surface area (Å²) in [6.45, 7) is 4.25. The summed E-state index contributed by atoms with van der Waals surface area (Å²) in [7, 11) is 0. The Morgan fingerprint density at radius 3 is 1.23 bits per heavy atom. The highest BCUT2D eigenvalue weighted by atomic mass is 16.3. The van der Waals surface area contributed by atoms with Gasteiger partial charge in [-0.3, -0.25) is 4.79 Å². The second kappa shape index (κ2) is 38.9. The quantitative estimate of drug-likeness (QED) is 0.0384. The lowest BCUT2D eigenvalue weighted by molar-refractivity contribution is -0.125. The predicted octanol–water partition coefficient (Wildman–Crippen LogP) is 12.0. The van der Waals surface area contributed by atoms with E-state index >= 15 is 0 Å². The van der Waals surface area contributed by atoms with E-state index in [-0.39, 0.29) is 18.9 Å². The predicted molar refractivity (Wildman–Crippen MR) is 208 cm³/mol. The number of amides is 1. The molecule has 0 rings (SSSR count). The van der Waals surface area contributed by atoms with Crippen LogP contribution in [0.5, 0.6) is 0 Å². The van der Waals surface area contributed by atoms with Crippen molar-refractivity contribution < 1.29 is 20.1 Å². The van der Waals surface area contributed by atoms with Crippen molar-refractivity contribution in [2.24, 2.45) is 0 Å². The number of aliphatic hydroxyl groups excluding tert-OH is 3. The number of unbranched alkanes of at least 4 members (excludes halogenated alkanes) is 28. The monoisotopic (exact) mass is 680 g/mol. The highest BCUT2D eigenvalue weighted by molar-refractivity contribution is 5.76. The van der Waals surface area contributed by atoms with Crippen molar-refractivity contribution in [1.29, 1.82) is 0 Å². The Kier molecular flexibility index (Phi) is 38.1. The van der Waals surface area contributed by atoms with Gasteiger partial charge in [0, 0.05) is 0 Å². The Morgan fingerprint density at radius 2 is 0.833 bits per heavy atom. The van der Waals surface area contributed by atoms with Crippen LogP contribution in [0.4, 0.5) is 0 Å². The summed E-state index contributed by atoms with van der Waals surface area (Å²) < 4.78 is 0. The molecule has 0 heterocycles. The van der Waals surface area contributed by atoms with E-state index in [2.05, 4.69) is 31.3 Å². The first-order valence-corrected chi connectivity index (χ1v) is 21.5. The zero-order valence-electron chi connectivity index (χ0n) is 32.4. The van der Waals surface area contributed by atoms with Crippen LogP contribution in [0.15, 0.2) is 12.2 Å². The number of hydrogen-bond acceptors (Lipinski definition) is 4. The number of rotatable bonds is 39. The lowest BCUT2D eigenvalue weighted by Gasteiger charge is -2.23. The van der Waals surface area contributed by atoms with E-state index in [4.69, 9.17) is 0 Å². The van der Waals surface area contributed by atoms with Crippen LogP contribution in [-0.2, 0) is 4.79 Å². The van der Waals surface area contributed by atoms with E-state index in [9.17, 15) is 20.1 Å². The van der Waals surface area contributed by atoms with Crippen LogP contribution in [0, 0.1) is 0 Å². The summed E-state index contributed by atoms with van der Waals surface area (Å²) in [4.78, 5) is 12.4. The van der Waals surface area contributed by atoms with Crippen molar-refractivity contribution in [3.05, 3.63) is 12.2 Å². The first kappa shape index (κ1) is 47.1. The second-order valence-electron chi connectivity index (χ2n) is 15.0. The maximum Gasteiger partial charge on any atom is 0.222 e. The maximum absolute atomic E-state index is 12.4. The van der Waals surface area contributed by atoms with Crippen molar-refractivity contribution in [2.45, 2.75) is 250 Å². The molecule has 0 aromatic rings. The topological polar surface area (TPSA) is 89.8 Å². The highest BCUT2D eigenvalue weighted by Gasteiger charge is 2.21. The molecule has 0 aromatic carbocycles. The van der Waals surface area contributed by atoms with Gasteiger partial charge in [0.15, 0.2) is 0 Å². The fraction of sp³-hybridized carbons (Fsp3) is 0.930. The lowest BCUT2D eigenvalue weighted by atomic mass is 10.0. The molecular formula is C43H85NO4. The summed E-state index contributed by atoms with van der Waals surface area (Å²) in [5.74, 6) is -0.287. The molecule has 0 bridgehead atoms. The fourth-order valence-corrected chi connectivity index (χ4v) is 6.75. The molecule has 0 aliphatic heterocycles. The Morgan fingerprint density at radius 1 is 0.500 bits per heavy atom. The molecule has 1 amide bonds. The van der Waals surface area contributed by atoms with Gasteiger partial charge in [-0.05, 0) is 38.5 Å². The number of aliphatic hydroxyl groups is 3. The van der Waals surface area contributed by atoms with Gasteiger partial charge >= 0.3 is 0 Å². The molecular weight excluding hydrogens is 594 g/mol. The van der Waals surface area contributed by atoms with Crippen molar-refractivity contribution in [2.75, 3.05) is 6.61 Å². The van der Waals surface area contributed by atoms with Gasteiger partial charge < -0.3 is 20.6 Å². The Balaban J connectivity index is 3.60. The van der Waals surface area contributed by atoms with Crippen LogP contribution in [0.3, 0.4) is 0 Å². The molecule has 5 nitrogen and oxygen atoms in total. The summed E-state index contributed by atoms with van der Waals surface area (Å²) in [5, 5.41) is 33.3. The average Bonchev–Trinajstić information content (AvgIpc) is 3.08. The molecule has 3 unspecified atom stereocenters. The molecule has 0 aliphatic rings. The average molecular weight is 680 g/mol. The van der Waals surface area contributed by atoms with E-state index in [1.165, 1.54) is 167 Å². The lowest BCUT2D eigenvalue weighted by Crippen LogP contribution is -2.46. The van der Waals surface area contributed by atoms with Gasteiger partial charge in [0.05, 0.1) is 31.3 Å². The highest BCUT2D eigenvalue weighted by Crippen LogP contribution is 2.16. The molecule has 0 aromatic heterocycles. The first-order valence-electron chi connectivity index (χ1n) is 21.5. The smallest absolute Gasteiger partial charge is 0.222 e. The minimum Gasteiger partial charge on any atom is -0.394 e. The molecule has 286 valence electrons. The normalized spacial score (nSPS) is 13.7. The maximum atomic E-state index is 12.4. The van der Waals surface area contributed by atoms with E-state index < -0.39 is 18.2 Å². The fourth-order valence-electron chi connectivity index (χ4n) is 6.75. The Hall–Kier alpha value is -0.910. The minimum absolute atomic E-state index is 0.0333. The first-order chi connectivity index (χ1) is 23.5. The van der Waals surface area contributed by atoms with Crippen molar-refractivity contribution in [3.8, 4) is 0 Å². The Bertz CT molecular complexity index is 669. The number of allylic oxidation sites excluding steroid dienone is 2. The minimum atomic E-state index is -0.748. The van der Waals surface area contributed by atoms with Crippen LogP contribution in [-0.4, -0.2) is 46.1 Å². The van der Waals surface area contributed by atoms with Crippen LogP contribution in [0.25, 0.3) is 0 Å². The zero-order valence-corrected chi connectivity index (χ0v) is 32.4. The van der Waals surface area contributed by atoms with Gasteiger partial charge in [0.1, 0.15) is 0 Å². The van der Waals surface area contributed by atoms with Crippen LogP contribution in [0.2, 0.25) is 0 Å². The molecule has 0 radical (unpaired) electrons. The standard InChI is InChI=1S/C43H85NO4/c1-3-5-7-9-11-13-15-17-18-19-20-21-22-23-25-27-29-31-33-35-37-42(47)41(39-45)44-43(48)38-40(46)36-34-32-30-28-26-24-16-14-12-10-8-6-4-2/h14,16,40-42,45-47H,3-13,15,17-39H2,1-2H3,(H,44,48)/b16-14-. The van der Waals surface area contributed by atoms with Crippen molar-refractivity contribution in [1.82, 2.24) is 5.32 Å². The van der Waals surface area contributed by atoms with E-state index in [0.29, 0.717) is 12.8 Å². The van der Waals surface area contributed by atoms with Gasteiger partial charge in [-0.2, -0.15) is 0 Å². The van der Waals surface area contributed by atoms with Crippen LogP contribution in [0.1, 0.15) is 232 Å². The molecule has 3 atom stereocenters. The van der Waals surface area contributed by atoms with E-state index in [1.807, 2.05) is 0 Å². The van der Waals surface area contributed by atoms with E-state index in [0.717, 1.165) is 32.1 Å². The summed E-state index contributed by atoms with van der Waals surface area (Å²) in [6.07, 6.45) is 44.6. The number of carbonyl (C=O) groups excluding carboxylic acids is 1. The van der Waals surface area contributed by atoms with Gasteiger partial charge in [-0.25, -0.2) is 0 Å². The third kappa shape index (κ3) is 34.9. The molecule has 0 aliphatic carbocycles. The molecule has 0 fully saturated rings. The molecule has 4 N–H and O–H groups in total. The largest absolute Gasteiger partial charge is 0.394 e. The molecule has 0 saturated carbocycles. The molecule has 48 heavy (non-hydrogen) atoms. The van der Waals surface area contributed by atoms with Crippen molar-refractivity contribution >= 4 is 5.91 Å². The van der Waals surface area contributed by atoms with Gasteiger partial charge in [0.2, 0.25) is 5.91 Å². The third-order valence-electron chi connectivity index (χ3n) is 10.1. The third-order valence-corrected chi connectivity index (χ3v) is 10.1. The second-order valence-corrected chi connectivity index (χ2v) is 15.0. The number of nitrogens with one attached hydrogen (secondary N) is 1. The van der Waals surface area contributed by atoms with Gasteiger partial charge in [-0.15, -0.1) is 0 Å². The van der Waals surface area contributed by atoms with Crippen LogP contribution < -0.4 is 5.32 Å². The molecule has 0 spiro atoms. The van der Waals surface area contributed by atoms with Crippen LogP contribution >= 0.6 is 0 Å². The summed E-state index contributed by atoms with van der Waals surface area (Å²) in [5.41, 5.74) is 0. The summed E-state index contributed by atoms with van der Waals surface area (Å²) >= 11 is 0. The molecule has 0 saturated heterocycles. The Labute approximate surface area is 299 Å².